The summed E-state index contributed by atoms with van der Waals surface area (Å²) in [6.07, 6.45) is -3.67. The molecule has 0 aromatic rings. The number of ether oxygens (including phenoxy) is 2. The Bertz CT molecular complexity index is 190. The van der Waals surface area contributed by atoms with Crippen LogP contribution in [0, 0.1) is 0 Å². The molecule has 0 bridgehead atoms. The SMILES string of the molecule is CN(C)CCOCCNCCCOCC(F)(F)F. The first-order chi connectivity index (χ1) is 8.42. The molecule has 0 aliphatic heterocycles. The van der Waals surface area contributed by atoms with Crippen molar-refractivity contribution in [2.24, 2.45) is 0 Å². The summed E-state index contributed by atoms with van der Waals surface area (Å²) < 4.78 is 44.9. The molecule has 0 atom stereocenters. The number of rotatable bonds is 11. The lowest BCUT2D eigenvalue weighted by Gasteiger charge is -2.10. The normalized spacial score (nSPS) is 12.3. The van der Waals surface area contributed by atoms with Crippen LogP contribution in [0.4, 0.5) is 13.2 Å². The predicted octanol–water partition coefficient (Wildman–Crippen LogP) is 1.12. The molecule has 1 N–H and O–H groups in total. The van der Waals surface area contributed by atoms with E-state index in [1.54, 1.807) is 0 Å². The molecule has 0 aromatic carbocycles. The number of hydrogen-bond donors (Lipinski definition) is 1. The molecule has 0 rings (SSSR count). The second-order valence-electron chi connectivity index (χ2n) is 4.19. The third-order valence-corrected chi connectivity index (χ3v) is 2.01. The highest BCUT2D eigenvalue weighted by Crippen LogP contribution is 2.14. The second-order valence-corrected chi connectivity index (χ2v) is 4.19. The Balaban J connectivity index is 3.04. The minimum Gasteiger partial charge on any atom is -0.379 e. The van der Waals surface area contributed by atoms with Gasteiger partial charge in [0.2, 0.25) is 0 Å². The molecule has 0 aromatic heterocycles. The largest absolute Gasteiger partial charge is 0.411 e. The van der Waals surface area contributed by atoms with Crippen molar-refractivity contribution in [2.75, 3.05) is 60.2 Å². The lowest BCUT2D eigenvalue weighted by molar-refractivity contribution is -0.173. The van der Waals surface area contributed by atoms with E-state index in [9.17, 15) is 13.2 Å². The van der Waals surface area contributed by atoms with Gasteiger partial charge in [0.1, 0.15) is 6.61 Å². The van der Waals surface area contributed by atoms with Crippen LogP contribution in [0.5, 0.6) is 0 Å². The Morgan fingerprint density at radius 1 is 1.00 bits per heavy atom. The van der Waals surface area contributed by atoms with Gasteiger partial charge in [-0.2, -0.15) is 13.2 Å². The minimum atomic E-state index is -4.23. The fraction of sp³-hybridized carbons (Fsp3) is 1.00. The molecular formula is C11H23F3N2O2. The number of likely N-dealkylation sites (N-methyl/N-ethyl adjacent to an activating group) is 1. The van der Waals surface area contributed by atoms with E-state index < -0.39 is 12.8 Å². The van der Waals surface area contributed by atoms with Crippen molar-refractivity contribution >= 4 is 0 Å². The smallest absolute Gasteiger partial charge is 0.379 e. The Labute approximate surface area is 106 Å². The van der Waals surface area contributed by atoms with Crippen molar-refractivity contribution in [3.63, 3.8) is 0 Å². The number of nitrogens with zero attached hydrogens (tertiary/aromatic N) is 1. The van der Waals surface area contributed by atoms with Crippen molar-refractivity contribution in [2.45, 2.75) is 12.6 Å². The van der Waals surface area contributed by atoms with Crippen molar-refractivity contribution in [3.8, 4) is 0 Å². The highest BCUT2D eigenvalue weighted by atomic mass is 19.4. The Hall–Kier alpha value is -0.370. The van der Waals surface area contributed by atoms with Crippen LogP contribution in [0.2, 0.25) is 0 Å². The van der Waals surface area contributed by atoms with E-state index in [1.165, 1.54) is 0 Å². The summed E-state index contributed by atoms with van der Waals surface area (Å²) in [4.78, 5) is 2.03. The maximum Gasteiger partial charge on any atom is 0.411 e. The average molecular weight is 272 g/mol. The first-order valence-corrected chi connectivity index (χ1v) is 5.99. The van der Waals surface area contributed by atoms with Crippen LogP contribution in [-0.2, 0) is 9.47 Å². The van der Waals surface area contributed by atoms with E-state index >= 15 is 0 Å². The Kier molecular flexibility index (Phi) is 10.3. The van der Waals surface area contributed by atoms with Gasteiger partial charge in [0.25, 0.3) is 0 Å². The van der Waals surface area contributed by atoms with Crippen molar-refractivity contribution in [1.82, 2.24) is 10.2 Å². The lowest BCUT2D eigenvalue weighted by atomic mass is 10.4. The molecule has 0 amide bonds. The van der Waals surface area contributed by atoms with Crippen LogP contribution in [0.15, 0.2) is 0 Å². The summed E-state index contributed by atoms with van der Waals surface area (Å²) in [6.45, 7) is 2.46. The molecule has 0 unspecified atom stereocenters. The van der Waals surface area contributed by atoms with Gasteiger partial charge in [0, 0.05) is 19.7 Å². The molecule has 110 valence electrons. The molecule has 0 aliphatic rings. The zero-order valence-corrected chi connectivity index (χ0v) is 11.1. The molecule has 0 spiro atoms. The van der Waals surface area contributed by atoms with Gasteiger partial charge in [-0.25, -0.2) is 0 Å². The van der Waals surface area contributed by atoms with E-state index in [-0.39, 0.29) is 6.61 Å². The number of hydrogen-bond acceptors (Lipinski definition) is 4. The fourth-order valence-corrected chi connectivity index (χ4v) is 1.11. The molecule has 0 fully saturated rings. The van der Waals surface area contributed by atoms with Gasteiger partial charge in [0.05, 0.1) is 13.2 Å². The van der Waals surface area contributed by atoms with Gasteiger partial charge in [-0.05, 0) is 27.1 Å². The molecule has 4 nitrogen and oxygen atoms in total. The predicted molar refractivity (Wildman–Crippen MR) is 63.7 cm³/mol. The van der Waals surface area contributed by atoms with Crippen molar-refractivity contribution < 1.29 is 22.6 Å². The highest BCUT2D eigenvalue weighted by Gasteiger charge is 2.27. The molecular weight excluding hydrogens is 249 g/mol. The van der Waals surface area contributed by atoms with E-state index in [4.69, 9.17) is 4.74 Å². The second kappa shape index (κ2) is 10.5. The van der Waals surface area contributed by atoms with E-state index in [2.05, 4.69) is 10.1 Å². The zero-order chi connectivity index (χ0) is 13.9. The average Bonchev–Trinajstić information content (AvgIpc) is 2.24. The zero-order valence-electron chi connectivity index (χ0n) is 11.1. The standard InChI is InChI=1S/C11H23F3N2O2/c1-16(2)6-9-17-8-5-15-4-3-7-18-10-11(12,13)14/h15H,3-10H2,1-2H3. The molecule has 0 heterocycles. The maximum atomic E-state index is 11.7. The van der Waals surface area contributed by atoms with Crippen LogP contribution in [0.1, 0.15) is 6.42 Å². The summed E-state index contributed by atoms with van der Waals surface area (Å²) >= 11 is 0. The third kappa shape index (κ3) is 15.6. The Morgan fingerprint density at radius 2 is 1.72 bits per heavy atom. The summed E-state index contributed by atoms with van der Waals surface area (Å²) in [6, 6.07) is 0. The monoisotopic (exact) mass is 272 g/mol. The van der Waals surface area contributed by atoms with Crippen LogP contribution >= 0.6 is 0 Å². The van der Waals surface area contributed by atoms with Gasteiger partial charge >= 0.3 is 6.18 Å². The third-order valence-electron chi connectivity index (χ3n) is 2.01. The summed E-state index contributed by atoms with van der Waals surface area (Å²) in [5, 5.41) is 3.07. The maximum absolute atomic E-state index is 11.7. The summed E-state index contributed by atoms with van der Waals surface area (Å²) in [5.41, 5.74) is 0. The first kappa shape index (κ1) is 17.6. The number of nitrogens with one attached hydrogen (secondary N) is 1. The first-order valence-electron chi connectivity index (χ1n) is 5.99. The highest BCUT2D eigenvalue weighted by molar-refractivity contribution is 4.49. The van der Waals surface area contributed by atoms with E-state index in [1.807, 2.05) is 19.0 Å². The van der Waals surface area contributed by atoms with Crippen LogP contribution < -0.4 is 5.32 Å². The number of halogens is 3. The summed E-state index contributed by atoms with van der Waals surface area (Å²) in [5.74, 6) is 0. The van der Waals surface area contributed by atoms with Gasteiger partial charge in [-0.15, -0.1) is 0 Å². The minimum absolute atomic E-state index is 0.119. The van der Waals surface area contributed by atoms with Crippen LogP contribution in [0.3, 0.4) is 0 Å². The molecule has 7 heteroatoms. The van der Waals surface area contributed by atoms with Crippen molar-refractivity contribution in [1.29, 1.82) is 0 Å². The molecule has 0 aliphatic carbocycles. The van der Waals surface area contributed by atoms with Gasteiger partial charge < -0.3 is 19.7 Å². The summed E-state index contributed by atoms with van der Waals surface area (Å²) in [7, 11) is 3.95. The molecule has 18 heavy (non-hydrogen) atoms. The van der Waals surface area contributed by atoms with Gasteiger partial charge in [-0.1, -0.05) is 0 Å². The molecule has 0 saturated heterocycles. The van der Waals surface area contributed by atoms with Crippen LogP contribution in [-0.4, -0.2) is 71.2 Å². The number of alkyl halides is 3. The van der Waals surface area contributed by atoms with Crippen LogP contribution in [0.25, 0.3) is 0 Å². The lowest BCUT2D eigenvalue weighted by Crippen LogP contribution is -2.25. The van der Waals surface area contributed by atoms with Crippen molar-refractivity contribution in [3.05, 3.63) is 0 Å². The Morgan fingerprint density at radius 3 is 2.33 bits per heavy atom. The van der Waals surface area contributed by atoms with E-state index in [0.29, 0.717) is 32.7 Å². The molecule has 0 saturated carbocycles. The fourth-order valence-electron chi connectivity index (χ4n) is 1.11. The molecule has 0 radical (unpaired) electrons. The van der Waals surface area contributed by atoms with E-state index in [0.717, 1.165) is 6.54 Å². The topological polar surface area (TPSA) is 33.7 Å². The quantitative estimate of drug-likeness (QED) is 0.572. The van der Waals surface area contributed by atoms with Gasteiger partial charge in [0.15, 0.2) is 0 Å². The van der Waals surface area contributed by atoms with Gasteiger partial charge in [-0.3, -0.25) is 0 Å².